The zero-order valence-electron chi connectivity index (χ0n) is 18.1. The van der Waals surface area contributed by atoms with Crippen molar-refractivity contribution >= 4 is 33.0 Å². The van der Waals surface area contributed by atoms with Crippen molar-refractivity contribution in [3.05, 3.63) is 68.7 Å². The van der Waals surface area contributed by atoms with Gasteiger partial charge in [-0.1, -0.05) is 62.7 Å². The highest BCUT2D eigenvalue weighted by Gasteiger charge is 2.16. The Morgan fingerprint density at radius 1 is 1.23 bits per heavy atom. The third-order valence-corrected chi connectivity index (χ3v) is 5.27. The Kier molecular flexibility index (Phi) is 6.76. The SMILES string of the molecule is CC[C@H](C)c1nc2ccc(Br)cc2c(=O)n1N=Cc1ccccc1OCC(C)(C)C. The van der Waals surface area contributed by atoms with Crippen molar-refractivity contribution in [2.75, 3.05) is 6.61 Å². The number of ether oxygens (including phenoxy) is 1. The van der Waals surface area contributed by atoms with Crippen molar-refractivity contribution in [3.8, 4) is 5.75 Å². The average Bonchev–Trinajstić information content (AvgIpc) is 2.71. The van der Waals surface area contributed by atoms with Crippen LogP contribution in [0.4, 0.5) is 0 Å². The molecule has 0 N–H and O–H groups in total. The van der Waals surface area contributed by atoms with E-state index in [0.29, 0.717) is 23.3 Å². The van der Waals surface area contributed by atoms with Crippen molar-refractivity contribution in [1.82, 2.24) is 9.66 Å². The van der Waals surface area contributed by atoms with Gasteiger partial charge in [0.05, 0.1) is 23.7 Å². The van der Waals surface area contributed by atoms with Crippen LogP contribution in [-0.4, -0.2) is 22.5 Å². The minimum absolute atomic E-state index is 0.0422. The molecule has 0 aliphatic rings. The fourth-order valence-electron chi connectivity index (χ4n) is 2.91. The first-order valence-corrected chi connectivity index (χ1v) is 11.0. The number of hydrogen-bond donors (Lipinski definition) is 0. The lowest BCUT2D eigenvalue weighted by Gasteiger charge is -2.19. The summed E-state index contributed by atoms with van der Waals surface area (Å²) in [6.45, 7) is 11.1. The Morgan fingerprint density at radius 2 is 1.97 bits per heavy atom. The Hall–Kier alpha value is -2.47. The molecular weight excluding hydrogens is 442 g/mol. The lowest BCUT2D eigenvalue weighted by Crippen LogP contribution is -2.23. The van der Waals surface area contributed by atoms with Crippen LogP contribution in [0.25, 0.3) is 10.9 Å². The van der Waals surface area contributed by atoms with Gasteiger partial charge in [0.15, 0.2) is 0 Å². The number of rotatable bonds is 6. The predicted molar refractivity (Wildman–Crippen MR) is 127 cm³/mol. The molecule has 158 valence electrons. The number of hydrogen-bond acceptors (Lipinski definition) is 4. The van der Waals surface area contributed by atoms with Crippen molar-refractivity contribution in [1.29, 1.82) is 0 Å². The van der Waals surface area contributed by atoms with Gasteiger partial charge in [0.2, 0.25) is 0 Å². The van der Waals surface area contributed by atoms with Gasteiger partial charge in [-0.3, -0.25) is 4.79 Å². The number of para-hydroxylation sites is 1. The second kappa shape index (κ2) is 9.13. The van der Waals surface area contributed by atoms with Crippen molar-refractivity contribution in [2.45, 2.75) is 47.0 Å². The summed E-state index contributed by atoms with van der Waals surface area (Å²) in [7, 11) is 0. The van der Waals surface area contributed by atoms with Gasteiger partial charge < -0.3 is 4.74 Å². The average molecular weight is 470 g/mol. The van der Waals surface area contributed by atoms with Gasteiger partial charge in [-0.25, -0.2) is 4.98 Å². The first-order valence-electron chi connectivity index (χ1n) is 10.2. The monoisotopic (exact) mass is 469 g/mol. The quantitative estimate of drug-likeness (QED) is 0.417. The molecule has 1 atom stereocenters. The number of nitrogens with zero attached hydrogens (tertiary/aromatic N) is 3. The standard InChI is InChI=1S/C24H28BrN3O2/c1-6-16(2)22-27-20-12-11-18(25)13-19(20)23(29)28(22)26-14-17-9-7-8-10-21(17)30-15-24(3,4)5/h7-14,16H,6,15H2,1-5H3/t16-/m0/s1. The summed E-state index contributed by atoms with van der Waals surface area (Å²) in [5.74, 6) is 1.49. The third-order valence-electron chi connectivity index (χ3n) is 4.78. The van der Waals surface area contributed by atoms with E-state index in [4.69, 9.17) is 9.72 Å². The zero-order chi connectivity index (χ0) is 21.9. The molecule has 2 aromatic carbocycles. The molecule has 1 aromatic heterocycles. The van der Waals surface area contributed by atoms with E-state index in [1.807, 2.05) is 36.4 Å². The van der Waals surface area contributed by atoms with Crippen molar-refractivity contribution in [2.24, 2.45) is 10.5 Å². The summed E-state index contributed by atoms with van der Waals surface area (Å²) in [6.07, 6.45) is 2.53. The lowest BCUT2D eigenvalue weighted by molar-refractivity contribution is 0.197. The summed E-state index contributed by atoms with van der Waals surface area (Å²) in [5, 5.41) is 5.08. The summed E-state index contributed by atoms with van der Waals surface area (Å²) in [5.41, 5.74) is 1.36. The molecule has 0 saturated carbocycles. The highest BCUT2D eigenvalue weighted by molar-refractivity contribution is 9.10. The highest BCUT2D eigenvalue weighted by Crippen LogP contribution is 2.22. The lowest BCUT2D eigenvalue weighted by atomic mass is 9.99. The van der Waals surface area contributed by atoms with E-state index in [1.165, 1.54) is 4.68 Å². The Balaban J connectivity index is 2.08. The molecule has 30 heavy (non-hydrogen) atoms. The number of fused-ring (bicyclic) bond motifs is 1. The van der Waals surface area contributed by atoms with E-state index in [9.17, 15) is 4.79 Å². The fourth-order valence-corrected chi connectivity index (χ4v) is 3.27. The van der Waals surface area contributed by atoms with Crippen LogP contribution < -0.4 is 10.3 Å². The molecule has 0 unspecified atom stereocenters. The maximum atomic E-state index is 13.2. The van der Waals surface area contributed by atoms with Gasteiger partial charge >= 0.3 is 0 Å². The van der Waals surface area contributed by atoms with Gasteiger partial charge in [-0.15, -0.1) is 0 Å². The Bertz CT molecular complexity index is 1130. The smallest absolute Gasteiger partial charge is 0.282 e. The molecule has 5 nitrogen and oxygen atoms in total. The molecule has 6 heteroatoms. The van der Waals surface area contributed by atoms with E-state index in [2.05, 4.69) is 55.7 Å². The largest absolute Gasteiger partial charge is 0.492 e. The van der Waals surface area contributed by atoms with Crippen LogP contribution in [0.3, 0.4) is 0 Å². The first kappa shape index (κ1) is 22.2. The summed E-state index contributed by atoms with van der Waals surface area (Å²) in [4.78, 5) is 18.0. The maximum Gasteiger partial charge on any atom is 0.282 e. The molecule has 0 aliphatic carbocycles. The topological polar surface area (TPSA) is 56.5 Å². The van der Waals surface area contributed by atoms with Gasteiger partial charge in [0.25, 0.3) is 5.56 Å². The predicted octanol–water partition coefficient (Wildman–Crippen LogP) is 5.98. The molecule has 3 aromatic rings. The summed E-state index contributed by atoms with van der Waals surface area (Å²) >= 11 is 3.44. The molecule has 0 radical (unpaired) electrons. The molecule has 0 fully saturated rings. The Morgan fingerprint density at radius 3 is 2.67 bits per heavy atom. The van der Waals surface area contributed by atoms with E-state index in [1.54, 1.807) is 12.3 Å². The normalized spacial score (nSPS) is 13.1. The molecule has 3 rings (SSSR count). The number of halogens is 1. The molecule has 0 amide bonds. The van der Waals surface area contributed by atoms with Crippen LogP contribution in [0.5, 0.6) is 5.75 Å². The maximum absolute atomic E-state index is 13.2. The van der Waals surface area contributed by atoms with E-state index in [0.717, 1.165) is 22.2 Å². The van der Waals surface area contributed by atoms with Gasteiger partial charge in [0, 0.05) is 16.0 Å². The van der Waals surface area contributed by atoms with Crippen LogP contribution in [0.1, 0.15) is 58.3 Å². The molecule has 1 heterocycles. The number of aromatic nitrogens is 2. The van der Waals surface area contributed by atoms with Crippen molar-refractivity contribution in [3.63, 3.8) is 0 Å². The highest BCUT2D eigenvalue weighted by atomic mass is 79.9. The van der Waals surface area contributed by atoms with E-state index in [-0.39, 0.29) is 16.9 Å². The summed E-state index contributed by atoms with van der Waals surface area (Å²) < 4.78 is 8.26. The first-order chi connectivity index (χ1) is 14.2. The van der Waals surface area contributed by atoms with Gasteiger partial charge in [0.1, 0.15) is 11.6 Å². The van der Waals surface area contributed by atoms with Crippen molar-refractivity contribution < 1.29 is 4.74 Å². The number of benzene rings is 2. The minimum atomic E-state index is -0.180. The fraction of sp³-hybridized carbons (Fsp3) is 0.375. The van der Waals surface area contributed by atoms with Crippen LogP contribution in [0.15, 0.2) is 56.8 Å². The zero-order valence-corrected chi connectivity index (χ0v) is 19.7. The molecular formula is C24H28BrN3O2. The summed E-state index contributed by atoms with van der Waals surface area (Å²) in [6, 6.07) is 13.3. The Labute approximate surface area is 185 Å². The van der Waals surface area contributed by atoms with Crippen LogP contribution >= 0.6 is 15.9 Å². The minimum Gasteiger partial charge on any atom is -0.492 e. The van der Waals surface area contributed by atoms with Gasteiger partial charge in [-0.05, 0) is 42.2 Å². The third kappa shape index (κ3) is 5.17. The van der Waals surface area contributed by atoms with Gasteiger partial charge in [-0.2, -0.15) is 9.78 Å². The molecule has 0 bridgehead atoms. The van der Waals surface area contributed by atoms with Crippen LogP contribution in [0, 0.1) is 5.41 Å². The second-order valence-electron chi connectivity index (χ2n) is 8.69. The molecule has 0 aliphatic heterocycles. The van der Waals surface area contributed by atoms with E-state index >= 15 is 0 Å². The second-order valence-corrected chi connectivity index (χ2v) is 9.61. The van der Waals surface area contributed by atoms with E-state index < -0.39 is 0 Å². The van der Waals surface area contributed by atoms with Crippen LogP contribution in [-0.2, 0) is 0 Å². The molecule has 0 saturated heterocycles. The molecule has 0 spiro atoms. The van der Waals surface area contributed by atoms with Crippen LogP contribution in [0.2, 0.25) is 0 Å².